The molecule has 4 heteroatoms. The van der Waals surface area contributed by atoms with E-state index in [0.717, 1.165) is 17.7 Å². The van der Waals surface area contributed by atoms with Crippen LogP contribution in [0.2, 0.25) is 0 Å². The summed E-state index contributed by atoms with van der Waals surface area (Å²) < 4.78 is 18.3. The zero-order valence-electron chi connectivity index (χ0n) is 11.6. The first-order valence-corrected chi connectivity index (χ1v) is 6.53. The van der Waals surface area contributed by atoms with Gasteiger partial charge in [0.25, 0.3) is 0 Å². The van der Waals surface area contributed by atoms with Gasteiger partial charge < -0.3 is 15.2 Å². The summed E-state index contributed by atoms with van der Waals surface area (Å²) in [5.41, 5.74) is 1.64. The number of anilines is 1. The highest BCUT2D eigenvalue weighted by Crippen LogP contribution is 2.31. The van der Waals surface area contributed by atoms with Gasteiger partial charge in [0.15, 0.2) is 11.5 Å². The number of phenolic OH excluding ortho intramolecular Hbond substituents is 1. The third kappa shape index (κ3) is 3.20. The van der Waals surface area contributed by atoms with E-state index in [1.54, 1.807) is 18.2 Å². The SMILES string of the molecule is CCC(Nc1ccc(OC)c(O)c1)c1cccc(F)c1. The van der Waals surface area contributed by atoms with E-state index in [-0.39, 0.29) is 17.6 Å². The molecule has 0 bridgehead atoms. The highest BCUT2D eigenvalue weighted by atomic mass is 19.1. The molecule has 2 N–H and O–H groups in total. The van der Waals surface area contributed by atoms with E-state index >= 15 is 0 Å². The van der Waals surface area contributed by atoms with Crippen molar-refractivity contribution in [2.24, 2.45) is 0 Å². The van der Waals surface area contributed by atoms with Gasteiger partial charge in [-0.3, -0.25) is 0 Å². The Labute approximate surface area is 118 Å². The topological polar surface area (TPSA) is 41.5 Å². The summed E-state index contributed by atoms with van der Waals surface area (Å²) in [7, 11) is 1.50. The number of ether oxygens (including phenoxy) is 1. The van der Waals surface area contributed by atoms with Crippen molar-refractivity contribution in [2.75, 3.05) is 12.4 Å². The van der Waals surface area contributed by atoms with Crippen LogP contribution in [0.4, 0.5) is 10.1 Å². The lowest BCUT2D eigenvalue weighted by atomic mass is 10.0. The summed E-state index contributed by atoms with van der Waals surface area (Å²) in [6.07, 6.45) is 0.802. The lowest BCUT2D eigenvalue weighted by Gasteiger charge is -2.19. The Kier molecular flexibility index (Phi) is 4.45. The Hall–Kier alpha value is -2.23. The molecule has 0 aliphatic carbocycles. The molecule has 2 rings (SSSR count). The molecule has 1 atom stereocenters. The van der Waals surface area contributed by atoms with Crippen LogP contribution in [0.3, 0.4) is 0 Å². The molecule has 0 saturated heterocycles. The molecule has 0 fully saturated rings. The first-order valence-electron chi connectivity index (χ1n) is 6.53. The lowest BCUT2D eigenvalue weighted by molar-refractivity contribution is 0.373. The van der Waals surface area contributed by atoms with E-state index in [1.807, 2.05) is 19.1 Å². The van der Waals surface area contributed by atoms with Crippen LogP contribution < -0.4 is 10.1 Å². The van der Waals surface area contributed by atoms with E-state index < -0.39 is 0 Å². The fourth-order valence-corrected chi connectivity index (χ4v) is 2.13. The van der Waals surface area contributed by atoms with Crippen molar-refractivity contribution in [1.29, 1.82) is 0 Å². The molecule has 0 saturated carbocycles. The fraction of sp³-hybridized carbons (Fsp3) is 0.250. The molecular formula is C16H18FNO2. The minimum Gasteiger partial charge on any atom is -0.504 e. The monoisotopic (exact) mass is 275 g/mol. The number of hydrogen-bond acceptors (Lipinski definition) is 3. The van der Waals surface area contributed by atoms with Gasteiger partial charge in [-0.05, 0) is 36.2 Å². The van der Waals surface area contributed by atoms with Crippen LogP contribution in [0.15, 0.2) is 42.5 Å². The molecular weight excluding hydrogens is 257 g/mol. The third-order valence-corrected chi connectivity index (χ3v) is 3.18. The summed E-state index contributed by atoms with van der Waals surface area (Å²) >= 11 is 0. The minimum atomic E-state index is -0.250. The molecule has 20 heavy (non-hydrogen) atoms. The van der Waals surface area contributed by atoms with Crippen LogP contribution in [0.25, 0.3) is 0 Å². The van der Waals surface area contributed by atoms with E-state index in [9.17, 15) is 9.50 Å². The minimum absolute atomic E-state index is 0.0153. The number of benzene rings is 2. The standard InChI is InChI=1S/C16H18FNO2/c1-3-14(11-5-4-6-12(17)9-11)18-13-7-8-16(20-2)15(19)10-13/h4-10,14,18-19H,3H2,1-2H3. The van der Waals surface area contributed by atoms with E-state index in [1.165, 1.54) is 19.2 Å². The molecule has 106 valence electrons. The summed E-state index contributed by atoms with van der Waals surface area (Å²) in [4.78, 5) is 0. The Morgan fingerprint density at radius 1 is 1.25 bits per heavy atom. The number of rotatable bonds is 5. The average Bonchev–Trinajstić information content (AvgIpc) is 2.45. The van der Waals surface area contributed by atoms with Gasteiger partial charge in [-0.15, -0.1) is 0 Å². The highest BCUT2D eigenvalue weighted by Gasteiger charge is 2.11. The Bertz CT molecular complexity index is 586. The van der Waals surface area contributed by atoms with Crippen molar-refractivity contribution < 1.29 is 14.2 Å². The number of nitrogens with one attached hydrogen (secondary N) is 1. The zero-order valence-corrected chi connectivity index (χ0v) is 11.6. The van der Waals surface area contributed by atoms with Crippen molar-refractivity contribution in [3.05, 3.63) is 53.8 Å². The second kappa shape index (κ2) is 6.28. The lowest BCUT2D eigenvalue weighted by Crippen LogP contribution is -2.09. The predicted molar refractivity (Wildman–Crippen MR) is 77.7 cm³/mol. The molecule has 0 radical (unpaired) electrons. The number of aromatic hydroxyl groups is 1. The Morgan fingerprint density at radius 2 is 2.05 bits per heavy atom. The van der Waals surface area contributed by atoms with Crippen molar-refractivity contribution >= 4 is 5.69 Å². The molecule has 0 amide bonds. The fourth-order valence-electron chi connectivity index (χ4n) is 2.13. The summed E-state index contributed by atoms with van der Waals surface area (Å²) in [6, 6.07) is 11.6. The second-order valence-electron chi connectivity index (χ2n) is 4.55. The van der Waals surface area contributed by atoms with Gasteiger partial charge in [-0.1, -0.05) is 19.1 Å². The van der Waals surface area contributed by atoms with E-state index in [2.05, 4.69) is 5.32 Å². The van der Waals surface area contributed by atoms with Crippen LogP contribution in [-0.4, -0.2) is 12.2 Å². The number of halogens is 1. The van der Waals surface area contributed by atoms with Crippen molar-refractivity contribution in [2.45, 2.75) is 19.4 Å². The number of hydrogen-bond donors (Lipinski definition) is 2. The normalized spacial score (nSPS) is 11.9. The summed E-state index contributed by atoms with van der Waals surface area (Å²) in [5, 5.41) is 13.0. The molecule has 0 aromatic heterocycles. The molecule has 0 aliphatic rings. The number of phenols is 1. The molecule has 0 spiro atoms. The zero-order chi connectivity index (χ0) is 14.5. The van der Waals surface area contributed by atoms with Crippen LogP contribution in [0, 0.1) is 5.82 Å². The van der Waals surface area contributed by atoms with E-state index in [0.29, 0.717) is 5.75 Å². The smallest absolute Gasteiger partial charge is 0.160 e. The van der Waals surface area contributed by atoms with Crippen molar-refractivity contribution in [3.8, 4) is 11.5 Å². The van der Waals surface area contributed by atoms with Crippen molar-refractivity contribution in [3.63, 3.8) is 0 Å². The van der Waals surface area contributed by atoms with Crippen LogP contribution in [0.5, 0.6) is 11.5 Å². The third-order valence-electron chi connectivity index (χ3n) is 3.18. The molecule has 3 nitrogen and oxygen atoms in total. The maximum absolute atomic E-state index is 13.3. The van der Waals surface area contributed by atoms with Gasteiger partial charge in [-0.25, -0.2) is 4.39 Å². The Morgan fingerprint density at radius 3 is 2.65 bits per heavy atom. The van der Waals surface area contributed by atoms with Crippen LogP contribution in [0.1, 0.15) is 24.9 Å². The Balaban J connectivity index is 2.20. The van der Waals surface area contributed by atoms with Gasteiger partial charge in [0.05, 0.1) is 13.2 Å². The molecule has 0 aliphatic heterocycles. The average molecular weight is 275 g/mol. The van der Waals surface area contributed by atoms with Gasteiger partial charge in [-0.2, -0.15) is 0 Å². The van der Waals surface area contributed by atoms with Crippen LogP contribution in [-0.2, 0) is 0 Å². The largest absolute Gasteiger partial charge is 0.504 e. The van der Waals surface area contributed by atoms with Gasteiger partial charge in [0.1, 0.15) is 5.82 Å². The maximum Gasteiger partial charge on any atom is 0.160 e. The van der Waals surface area contributed by atoms with E-state index in [4.69, 9.17) is 4.74 Å². The maximum atomic E-state index is 13.3. The highest BCUT2D eigenvalue weighted by molar-refractivity contribution is 5.55. The van der Waals surface area contributed by atoms with Gasteiger partial charge >= 0.3 is 0 Å². The quantitative estimate of drug-likeness (QED) is 0.863. The van der Waals surface area contributed by atoms with Crippen LogP contribution >= 0.6 is 0 Å². The summed E-state index contributed by atoms with van der Waals surface area (Å²) in [5.74, 6) is 0.251. The number of methoxy groups -OCH3 is 1. The first-order chi connectivity index (χ1) is 9.63. The molecule has 1 unspecified atom stereocenters. The van der Waals surface area contributed by atoms with Gasteiger partial charge in [0, 0.05) is 11.8 Å². The first kappa shape index (κ1) is 14.2. The molecule has 2 aromatic carbocycles. The van der Waals surface area contributed by atoms with Gasteiger partial charge in [0.2, 0.25) is 0 Å². The molecule has 2 aromatic rings. The van der Waals surface area contributed by atoms with Crippen molar-refractivity contribution in [1.82, 2.24) is 0 Å². The second-order valence-corrected chi connectivity index (χ2v) is 4.55. The molecule has 0 heterocycles. The summed E-state index contributed by atoms with van der Waals surface area (Å²) in [6.45, 7) is 2.02. The predicted octanol–water partition coefficient (Wildman–Crippen LogP) is 4.10.